The molecule has 2 atom stereocenters. The third-order valence-electron chi connectivity index (χ3n) is 5.59. The van der Waals surface area contributed by atoms with Gasteiger partial charge >= 0.3 is 6.03 Å². The van der Waals surface area contributed by atoms with Crippen molar-refractivity contribution in [1.29, 1.82) is 0 Å². The lowest BCUT2D eigenvalue weighted by atomic mass is 9.98. The summed E-state index contributed by atoms with van der Waals surface area (Å²) >= 11 is 0. The molecule has 8 heteroatoms. The molecule has 1 N–H and O–H groups in total. The molecule has 2 unspecified atom stereocenters. The van der Waals surface area contributed by atoms with Crippen molar-refractivity contribution in [3.63, 3.8) is 0 Å². The first kappa shape index (κ1) is 15.5. The summed E-state index contributed by atoms with van der Waals surface area (Å²) in [6.07, 6.45) is 7.38. The molecule has 0 aliphatic carbocycles. The van der Waals surface area contributed by atoms with Crippen molar-refractivity contribution in [1.82, 2.24) is 25.2 Å². The molecule has 2 bridgehead atoms. The largest absolute Gasteiger partial charge is 0.454 e. The Morgan fingerprint density at radius 3 is 2.58 bits per heavy atom. The molecular weight excluding hydrogens is 334 g/mol. The maximum absolute atomic E-state index is 12.8. The van der Waals surface area contributed by atoms with Crippen molar-refractivity contribution in [3.05, 3.63) is 36.2 Å². The van der Waals surface area contributed by atoms with Gasteiger partial charge in [-0.1, -0.05) is 6.07 Å². The van der Waals surface area contributed by atoms with Crippen molar-refractivity contribution in [2.24, 2.45) is 0 Å². The summed E-state index contributed by atoms with van der Waals surface area (Å²) in [5.74, 6) is 1.50. The normalized spacial score (nSPS) is 26.2. The highest BCUT2D eigenvalue weighted by atomic mass is 16.7. The molecule has 2 fully saturated rings. The minimum absolute atomic E-state index is 0.0158. The number of piperidine rings is 1. The Hall–Kier alpha value is -2.77. The number of nitrogens with zero attached hydrogens (tertiary/aromatic N) is 4. The summed E-state index contributed by atoms with van der Waals surface area (Å²) in [6, 6.07) is 6.60. The third-order valence-corrected chi connectivity index (χ3v) is 5.59. The molecule has 5 rings (SSSR count). The number of urea groups is 1. The van der Waals surface area contributed by atoms with Gasteiger partial charge in [-0.3, -0.25) is 0 Å². The van der Waals surface area contributed by atoms with Gasteiger partial charge < -0.3 is 19.7 Å². The number of rotatable bonds is 3. The molecule has 0 radical (unpaired) electrons. The lowest BCUT2D eigenvalue weighted by Gasteiger charge is -2.38. The number of carbonyl (C=O) groups is 1. The number of hydrogen-bond acceptors (Lipinski definition) is 5. The highest BCUT2D eigenvalue weighted by Crippen LogP contribution is 2.40. The molecule has 26 heavy (non-hydrogen) atoms. The van der Waals surface area contributed by atoms with E-state index in [9.17, 15) is 4.79 Å². The number of ether oxygens (including phenoxy) is 2. The Labute approximate surface area is 151 Å². The summed E-state index contributed by atoms with van der Waals surface area (Å²) in [5, 5.41) is 11.6. The average molecular weight is 355 g/mol. The molecule has 0 spiro atoms. The van der Waals surface area contributed by atoms with Crippen molar-refractivity contribution in [2.45, 2.75) is 50.4 Å². The first-order valence-electron chi connectivity index (χ1n) is 9.08. The minimum Gasteiger partial charge on any atom is -0.454 e. The Balaban J connectivity index is 1.22. The van der Waals surface area contributed by atoms with Crippen LogP contribution in [0.2, 0.25) is 0 Å². The van der Waals surface area contributed by atoms with Crippen molar-refractivity contribution >= 4 is 6.03 Å². The van der Waals surface area contributed by atoms with E-state index in [1.54, 1.807) is 17.2 Å². The third kappa shape index (κ3) is 2.65. The second-order valence-electron chi connectivity index (χ2n) is 7.11. The number of hydrogen-bond donors (Lipinski definition) is 1. The predicted octanol–water partition coefficient (Wildman–Crippen LogP) is 2.08. The van der Waals surface area contributed by atoms with E-state index in [0.29, 0.717) is 12.6 Å². The Bertz CT molecular complexity index is 795. The lowest BCUT2D eigenvalue weighted by molar-refractivity contribution is 0.115. The maximum Gasteiger partial charge on any atom is 0.318 e. The quantitative estimate of drug-likeness (QED) is 0.912. The fourth-order valence-corrected chi connectivity index (χ4v) is 4.40. The van der Waals surface area contributed by atoms with Gasteiger partial charge in [0.1, 0.15) is 0 Å². The molecule has 2 aromatic rings. The zero-order valence-corrected chi connectivity index (χ0v) is 14.4. The lowest BCUT2D eigenvalue weighted by Crippen LogP contribution is -2.51. The Kier molecular flexibility index (Phi) is 3.69. The van der Waals surface area contributed by atoms with Gasteiger partial charge in [0.05, 0.1) is 18.4 Å². The van der Waals surface area contributed by atoms with Gasteiger partial charge in [0.2, 0.25) is 6.79 Å². The summed E-state index contributed by atoms with van der Waals surface area (Å²) < 4.78 is 10.7. The van der Waals surface area contributed by atoms with Gasteiger partial charge in [-0.25, -0.2) is 4.79 Å². The second kappa shape index (κ2) is 6.19. The number of carbonyl (C=O) groups excluding carboxylic acids is 1. The molecule has 2 amide bonds. The van der Waals surface area contributed by atoms with E-state index in [1.807, 2.05) is 23.1 Å². The van der Waals surface area contributed by atoms with Crippen LogP contribution in [0.25, 0.3) is 0 Å². The summed E-state index contributed by atoms with van der Waals surface area (Å²) in [6.45, 7) is 0.740. The average Bonchev–Trinajstić information content (AvgIpc) is 3.38. The van der Waals surface area contributed by atoms with E-state index in [0.717, 1.165) is 42.7 Å². The van der Waals surface area contributed by atoms with Crippen LogP contribution in [0.4, 0.5) is 4.79 Å². The van der Waals surface area contributed by atoms with Gasteiger partial charge in [0.25, 0.3) is 0 Å². The van der Waals surface area contributed by atoms with Crippen molar-refractivity contribution in [2.75, 3.05) is 6.79 Å². The zero-order chi connectivity index (χ0) is 17.5. The van der Waals surface area contributed by atoms with E-state index in [1.165, 1.54) is 0 Å². The SMILES string of the molecule is O=C(NCc1ccc2c(c1)OCO2)N1C2CCC1CC(n1nccn1)C2. The standard InChI is InChI=1S/C18H21N5O3/c24-18(19-10-12-1-4-16-17(7-12)26-11-25-16)22-13-2-3-14(22)9-15(8-13)23-20-5-6-21-23/h1,4-7,13-15H,2-3,8-11H2,(H,19,24). The maximum atomic E-state index is 12.8. The predicted molar refractivity (Wildman–Crippen MR) is 91.7 cm³/mol. The summed E-state index contributed by atoms with van der Waals surface area (Å²) in [5.41, 5.74) is 1.01. The number of aromatic nitrogens is 3. The topological polar surface area (TPSA) is 81.5 Å². The van der Waals surface area contributed by atoms with E-state index < -0.39 is 0 Å². The second-order valence-corrected chi connectivity index (χ2v) is 7.11. The fraction of sp³-hybridized carbons (Fsp3) is 0.500. The zero-order valence-electron chi connectivity index (χ0n) is 14.4. The van der Waals surface area contributed by atoms with Crippen LogP contribution in [0.1, 0.15) is 37.3 Å². The fourth-order valence-electron chi connectivity index (χ4n) is 4.40. The monoisotopic (exact) mass is 355 g/mol. The molecule has 0 saturated carbocycles. The molecule has 136 valence electrons. The van der Waals surface area contributed by atoms with Gasteiger partial charge in [0.15, 0.2) is 11.5 Å². The van der Waals surface area contributed by atoms with E-state index in [4.69, 9.17) is 9.47 Å². The molecule has 1 aromatic carbocycles. The van der Waals surface area contributed by atoms with Crippen LogP contribution in [0.3, 0.4) is 0 Å². The Morgan fingerprint density at radius 2 is 1.81 bits per heavy atom. The first-order chi connectivity index (χ1) is 12.8. The van der Waals surface area contributed by atoms with Crippen LogP contribution in [0, 0.1) is 0 Å². The van der Waals surface area contributed by atoms with Gasteiger partial charge in [-0.15, -0.1) is 0 Å². The van der Waals surface area contributed by atoms with Crippen LogP contribution >= 0.6 is 0 Å². The minimum atomic E-state index is 0.0158. The van der Waals surface area contributed by atoms with Crippen molar-refractivity contribution in [3.8, 4) is 11.5 Å². The van der Waals surface area contributed by atoms with Crippen LogP contribution in [-0.4, -0.2) is 44.8 Å². The molecule has 3 aliphatic heterocycles. The summed E-state index contributed by atoms with van der Waals surface area (Å²) in [7, 11) is 0. The molecule has 4 heterocycles. The molecule has 3 aliphatic rings. The molecule has 1 aromatic heterocycles. The number of amides is 2. The number of nitrogens with one attached hydrogen (secondary N) is 1. The first-order valence-corrected chi connectivity index (χ1v) is 9.08. The van der Waals surface area contributed by atoms with Crippen LogP contribution in [0.15, 0.2) is 30.6 Å². The van der Waals surface area contributed by atoms with Gasteiger partial charge in [-0.05, 0) is 43.4 Å². The van der Waals surface area contributed by atoms with E-state index in [-0.39, 0.29) is 24.9 Å². The van der Waals surface area contributed by atoms with Gasteiger partial charge in [0, 0.05) is 18.6 Å². The molecule has 8 nitrogen and oxygen atoms in total. The van der Waals surface area contributed by atoms with Crippen molar-refractivity contribution < 1.29 is 14.3 Å². The van der Waals surface area contributed by atoms with E-state index >= 15 is 0 Å². The summed E-state index contributed by atoms with van der Waals surface area (Å²) in [4.78, 5) is 16.6. The van der Waals surface area contributed by atoms with Crippen LogP contribution < -0.4 is 14.8 Å². The molecular formula is C18H21N5O3. The Morgan fingerprint density at radius 1 is 1.08 bits per heavy atom. The highest BCUT2D eigenvalue weighted by molar-refractivity contribution is 5.75. The van der Waals surface area contributed by atoms with Gasteiger partial charge in [-0.2, -0.15) is 15.0 Å². The number of fused-ring (bicyclic) bond motifs is 3. The highest BCUT2D eigenvalue weighted by Gasteiger charge is 2.44. The smallest absolute Gasteiger partial charge is 0.318 e. The van der Waals surface area contributed by atoms with E-state index in [2.05, 4.69) is 15.5 Å². The number of benzene rings is 1. The van der Waals surface area contributed by atoms with Crippen LogP contribution in [-0.2, 0) is 6.54 Å². The van der Waals surface area contributed by atoms with Crippen LogP contribution in [0.5, 0.6) is 11.5 Å². The molecule has 2 saturated heterocycles.